The Labute approximate surface area is 66.2 Å². The van der Waals surface area contributed by atoms with Crippen LogP contribution >= 0.6 is 0 Å². The van der Waals surface area contributed by atoms with Crippen molar-refractivity contribution < 1.29 is 14.6 Å². The molecule has 0 saturated heterocycles. The lowest BCUT2D eigenvalue weighted by atomic mass is 10.1. The topological polar surface area (TPSA) is 84.6 Å². The number of hydrogen-bond acceptors (Lipinski definition) is 4. The van der Waals surface area contributed by atoms with Crippen LogP contribution in [0, 0.1) is 5.92 Å². The van der Waals surface area contributed by atoms with Crippen LogP contribution in [-0.2, 0) is 9.45 Å². The Kier molecular flexibility index (Phi) is 5.82. The highest BCUT2D eigenvalue weighted by Crippen LogP contribution is 1.89. The van der Waals surface area contributed by atoms with E-state index >= 15 is 0 Å². The molecule has 1 radical (unpaired) electrons. The summed E-state index contributed by atoms with van der Waals surface area (Å²) in [5.74, 6) is -1.45. The van der Waals surface area contributed by atoms with Crippen LogP contribution < -0.4 is 11.0 Å². The first-order chi connectivity index (χ1) is 5.22. The van der Waals surface area contributed by atoms with Gasteiger partial charge in [0.2, 0.25) is 0 Å². The smallest absolute Gasteiger partial charge is 0.395 e. The summed E-state index contributed by atoms with van der Waals surface area (Å²) in [5.41, 5.74) is 5.18. The molecule has 0 aromatic heterocycles. The van der Waals surface area contributed by atoms with Gasteiger partial charge in [-0.3, -0.25) is 4.79 Å². The van der Waals surface area contributed by atoms with Gasteiger partial charge >= 0.3 is 13.6 Å². The number of hydrogen-bond donors (Lipinski definition) is 3. The van der Waals surface area contributed by atoms with Crippen LogP contribution in [-0.4, -0.2) is 38.9 Å². The van der Waals surface area contributed by atoms with Gasteiger partial charge in [0, 0.05) is 20.2 Å². The minimum atomic E-state index is -0.899. The molecule has 0 spiro atoms. The molecule has 1 atom stereocenters. The maximum Gasteiger partial charge on any atom is 0.395 e. The summed E-state index contributed by atoms with van der Waals surface area (Å²) in [6.07, 6.45) is 0. The van der Waals surface area contributed by atoms with E-state index in [1.807, 2.05) is 0 Å². The zero-order chi connectivity index (χ0) is 8.69. The highest BCUT2D eigenvalue weighted by atomic mass is 16.4. The third-order valence-electron chi connectivity index (χ3n) is 1.20. The lowest BCUT2D eigenvalue weighted by molar-refractivity contribution is -0.141. The summed E-state index contributed by atoms with van der Waals surface area (Å²) < 4.78 is 4.55. The predicted molar refractivity (Wildman–Crippen MR) is 40.9 cm³/mol. The molecule has 0 saturated carbocycles. The molecule has 6 heteroatoms. The molecule has 0 rings (SSSR count). The lowest BCUT2D eigenvalue weighted by Crippen LogP contribution is -2.36. The van der Waals surface area contributed by atoms with Crippen LogP contribution in [0.4, 0.5) is 0 Å². The van der Waals surface area contributed by atoms with Crippen LogP contribution in [0.2, 0.25) is 0 Å². The van der Waals surface area contributed by atoms with Crippen molar-refractivity contribution >= 4 is 13.6 Å². The fourth-order valence-electron chi connectivity index (χ4n) is 0.545. The Balaban J connectivity index is 3.44. The second-order valence-corrected chi connectivity index (χ2v) is 2.03. The van der Waals surface area contributed by atoms with Gasteiger partial charge in [-0.15, -0.1) is 0 Å². The largest absolute Gasteiger partial charge is 0.481 e. The molecule has 5 nitrogen and oxygen atoms in total. The molecule has 0 aliphatic carbocycles. The van der Waals surface area contributed by atoms with E-state index in [0.717, 1.165) is 0 Å². The fourth-order valence-corrected chi connectivity index (χ4v) is 0.545. The molecule has 0 aromatic carbocycles. The van der Waals surface area contributed by atoms with E-state index < -0.39 is 11.9 Å². The first-order valence-electron chi connectivity index (χ1n) is 3.23. The monoisotopic (exact) mass is 159 g/mol. The molecule has 0 fully saturated rings. The molecule has 0 aliphatic rings. The number of carbonyl (C=O) groups is 1. The van der Waals surface area contributed by atoms with E-state index in [0.29, 0.717) is 6.54 Å². The Morgan fingerprint density at radius 2 is 2.55 bits per heavy atom. The highest BCUT2D eigenvalue weighted by molar-refractivity contribution is 6.23. The van der Waals surface area contributed by atoms with Gasteiger partial charge in [-0.2, -0.15) is 0 Å². The molecule has 11 heavy (non-hydrogen) atoms. The van der Waals surface area contributed by atoms with Crippen LogP contribution in [0.15, 0.2) is 0 Å². The van der Waals surface area contributed by atoms with Gasteiger partial charge in [0.05, 0.1) is 5.92 Å². The summed E-state index contributed by atoms with van der Waals surface area (Å²) in [5, 5.41) is 11.2. The van der Waals surface area contributed by atoms with E-state index in [2.05, 4.69) is 9.88 Å². The average Bonchev–Trinajstić information content (AvgIpc) is 1.97. The quantitative estimate of drug-likeness (QED) is 0.321. The first-order valence-corrected chi connectivity index (χ1v) is 3.23. The van der Waals surface area contributed by atoms with Gasteiger partial charge in [0.15, 0.2) is 0 Å². The summed E-state index contributed by atoms with van der Waals surface area (Å²) in [6.45, 7) is 0.416. The van der Waals surface area contributed by atoms with Gasteiger partial charge in [0.25, 0.3) is 0 Å². The third-order valence-corrected chi connectivity index (χ3v) is 1.20. The zero-order valence-corrected chi connectivity index (χ0v) is 6.41. The molecular formula is C5H12BN2O3. The number of aliphatic carboxylic acids is 1. The van der Waals surface area contributed by atoms with Crippen molar-refractivity contribution in [1.82, 2.24) is 5.23 Å². The molecule has 1 unspecified atom stereocenters. The molecule has 0 aromatic rings. The fraction of sp³-hybridized carbons (Fsp3) is 0.800. The van der Waals surface area contributed by atoms with Gasteiger partial charge < -0.3 is 20.7 Å². The average molecular weight is 159 g/mol. The Bertz CT molecular complexity index is 122. The summed E-state index contributed by atoms with van der Waals surface area (Å²) in [4.78, 5) is 10.4. The number of rotatable bonds is 6. The lowest BCUT2D eigenvalue weighted by Gasteiger charge is -2.08. The van der Waals surface area contributed by atoms with Gasteiger partial charge in [-0.05, 0) is 0 Å². The van der Waals surface area contributed by atoms with Gasteiger partial charge in [0.1, 0.15) is 0 Å². The molecule has 0 aliphatic heterocycles. The highest BCUT2D eigenvalue weighted by Gasteiger charge is 2.14. The first kappa shape index (κ1) is 10.4. The molecular weight excluding hydrogens is 147 g/mol. The van der Waals surface area contributed by atoms with Crippen LogP contribution in [0.25, 0.3) is 0 Å². The van der Waals surface area contributed by atoms with Crippen molar-refractivity contribution in [2.75, 3.05) is 20.2 Å². The second-order valence-electron chi connectivity index (χ2n) is 2.03. The van der Waals surface area contributed by atoms with Crippen LogP contribution in [0.3, 0.4) is 0 Å². The van der Waals surface area contributed by atoms with Crippen molar-refractivity contribution in [2.45, 2.75) is 0 Å². The Morgan fingerprint density at radius 3 is 2.91 bits per heavy atom. The normalized spacial score (nSPS) is 12.5. The second kappa shape index (κ2) is 6.15. The molecule has 0 amide bonds. The van der Waals surface area contributed by atoms with E-state index in [-0.39, 0.29) is 6.54 Å². The number of carboxylic acids is 1. The number of nitrogens with two attached hydrogens (primary N) is 1. The minimum absolute atomic E-state index is 0.125. The maximum absolute atomic E-state index is 10.4. The molecule has 4 N–H and O–H groups in total. The molecule has 0 bridgehead atoms. The Hall–Kier alpha value is -0.585. The number of carboxylic acid groups (broad SMARTS) is 1. The third kappa shape index (κ3) is 4.77. The van der Waals surface area contributed by atoms with Gasteiger partial charge in [-0.1, -0.05) is 0 Å². The van der Waals surface area contributed by atoms with E-state index in [9.17, 15) is 4.79 Å². The summed E-state index contributed by atoms with van der Waals surface area (Å²) in [6, 6.07) is 0. The summed E-state index contributed by atoms with van der Waals surface area (Å²) in [7, 11) is 2.80. The van der Waals surface area contributed by atoms with Crippen LogP contribution in [0.1, 0.15) is 0 Å². The van der Waals surface area contributed by atoms with Crippen molar-refractivity contribution in [3.8, 4) is 0 Å². The SMILES string of the molecule is CO[B]NCC(CN)C(=O)O. The number of nitrogens with one attached hydrogen (secondary N) is 1. The van der Waals surface area contributed by atoms with Gasteiger partial charge in [-0.25, -0.2) is 0 Å². The standard InChI is InChI=1S/C5H12BN2O3/c1-11-6-8-3-4(2-7)5(9)10/h4,8H,2-3,7H2,1H3,(H,9,10). The van der Waals surface area contributed by atoms with E-state index in [4.69, 9.17) is 10.8 Å². The van der Waals surface area contributed by atoms with Crippen molar-refractivity contribution in [3.63, 3.8) is 0 Å². The van der Waals surface area contributed by atoms with Crippen molar-refractivity contribution in [1.29, 1.82) is 0 Å². The van der Waals surface area contributed by atoms with Crippen LogP contribution in [0.5, 0.6) is 0 Å². The molecule has 63 valence electrons. The zero-order valence-electron chi connectivity index (χ0n) is 6.41. The maximum atomic E-state index is 10.4. The van der Waals surface area contributed by atoms with E-state index in [1.165, 1.54) is 14.7 Å². The van der Waals surface area contributed by atoms with Crippen molar-refractivity contribution in [3.05, 3.63) is 0 Å². The predicted octanol–water partition coefficient (Wildman–Crippen LogP) is -1.58. The molecule has 0 heterocycles. The minimum Gasteiger partial charge on any atom is -0.481 e. The van der Waals surface area contributed by atoms with Crippen molar-refractivity contribution in [2.24, 2.45) is 11.7 Å². The Morgan fingerprint density at radius 1 is 1.91 bits per heavy atom. The summed E-state index contributed by atoms with van der Waals surface area (Å²) >= 11 is 0. The van der Waals surface area contributed by atoms with E-state index in [1.54, 1.807) is 0 Å².